The van der Waals surface area contributed by atoms with Gasteiger partial charge in [0, 0.05) is 18.8 Å². The Morgan fingerprint density at radius 3 is 2.71 bits per heavy atom. The lowest BCUT2D eigenvalue weighted by Gasteiger charge is -2.29. The van der Waals surface area contributed by atoms with Crippen molar-refractivity contribution in [1.29, 1.82) is 0 Å². The van der Waals surface area contributed by atoms with Crippen LogP contribution in [0.5, 0.6) is 0 Å². The summed E-state index contributed by atoms with van der Waals surface area (Å²) in [4.78, 5) is 0. The van der Waals surface area contributed by atoms with Gasteiger partial charge in [-0.15, -0.1) is 5.12 Å². The van der Waals surface area contributed by atoms with Crippen molar-refractivity contribution in [2.45, 2.75) is 19.9 Å². The van der Waals surface area contributed by atoms with Gasteiger partial charge in [0.05, 0.1) is 11.4 Å². The zero-order chi connectivity index (χ0) is 10.3. The van der Waals surface area contributed by atoms with Crippen molar-refractivity contribution >= 4 is 17.1 Å². The molecule has 76 valence electrons. The molecule has 0 radical (unpaired) electrons. The second-order valence-corrected chi connectivity index (χ2v) is 3.85. The Hall–Kier alpha value is -1.42. The Morgan fingerprint density at radius 2 is 2.07 bits per heavy atom. The van der Waals surface area contributed by atoms with Crippen molar-refractivity contribution in [2.24, 2.45) is 0 Å². The van der Waals surface area contributed by atoms with Crippen LogP contribution in [0.2, 0.25) is 0 Å². The second kappa shape index (κ2) is 3.06. The van der Waals surface area contributed by atoms with Crippen LogP contribution < -0.4 is 16.2 Å². The molecule has 0 saturated carbocycles. The van der Waals surface area contributed by atoms with Crippen LogP contribution in [-0.4, -0.2) is 18.2 Å². The molecule has 14 heavy (non-hydrogen) atoms. The molecule has 0 aromatic heterocycles. The summed E-state index contributed by atoms with van der Waals surface area (Å²) < 4.78 is 0. The molecule has 0 fully saturated rings. The fourth-order valence-corrected chi connectivity index (χ4v) is 1.86. The van der Waals surface area contributed by atoms with Gasteiger partial charge < -0.3 is 5.73 Å². The first-order valence-electron chi connectivity index (χ1n) is 4.78. The number of nitrogen functional groups attached to an aromatic ring is 1. The SMILES string of the molecule is CC(C)N1c2ccc(N)cc2NN1C. The maximum Gasteiger partial charge on any atom is 0.0789 e. The third kappa shape index (κ3) is 1.28. The number of nitrogens with zero attached hydrogens (tertiary/aromatic N) is 2. The fraction of sp³-hybridized carbons (Fsp3) is 0.400. The summed E-state index contributed by atoms with van der Waals surface area (Å²) in [5.41, 5.74) is 12.0. The summed E-state index contributed by atoms with van der Waals surface area (Å²) in [5.74, 6) is 0. The molecular weight excluding hydrogens is 176 g/mol. The third-order valence-corrected chi connectivity index (χ3v) is 2.36. The van der Waals surface area contributed by atoms with Crippen LogP contribution in [0.25, 0.3) is 0 Å². The molecule has 0 unspecified atom stereocenters. The van der Waals surface area contributed by atoms with Gasteiger partial charge in [0.25, 0.3) is 0 Å². The van der Waals surface area contributed by atoms with Gasteiger partial charge in [0.2, 0.25) is 0 Å². The largest absolute Gasteiger partial charge is 0.399 e. The van der Waals surface area contributed by atoms with Crippen molar-refractivity contribution < 1.29 is 0 Å². The highest BCUT2D eigenvalue weighted by atomic mass is 15.8. The van der Waals surface area contributed by atoms with Crippen LogP contribution >= 0.6 is 0 Å². The van der Waals surface area contributed by atoms with Crippen LogP contribution in [0, 0.1) is 0 Å². The quantitative estimate of drug-likeness (QED) is 0.664. The van der Waals surface area contributed by atoms with Gasteiger partial charge in [-0.25, -0.2) is 0 Å². The third-order valence-electron chi connectivity index (χ3n) is 2.36. The van der Waals surface area contributed by atoms with Crippen molar-refractivity contribution in [3.8, 4) is 0 Å². The smallest absolute Gasteiger partial charge is 0.0789 e. The highest BCUT2D eigenvalue weighted by molar-refractivity contribution is 5.76. The van der Waals surface area contributed by atoms with E-state index in [1.54, 1.807) is 0 Å². The van der Waals surface area contributed by atoms with Gasteiger partial charge in [-0.3, -0.25) is 10.4 Å². The number of fused-ring (bicyclic) bond motifs is 1. The summed E-state index contributed by atoms with van der Waals surface area (Å²) in [6.07, 6.45) is 0. The first-order valence-corrected chi connectivity index (χ1v) is 4.78. The minimum absolute atomic E-state index is 0.428. The minimum atomic E-state index is 0.428. The van der Waals surface area contributed by atoms with Crippen LogP contribution in [0.1, 0.15) is 13.8 Å². The topological polar surface area (TPSA) is 44.5 Å². The van der Waals surface area contributed by atoms with E-state index in [9.17, 15) is 0 Å². The molecule has 0 spiro atoms. The highest BCUT2D eigenvalue weighted by Crippen LogP contribution is 2.35. The van der Waals surface area contributed by atoms with E-state index in [0.717, 1.165) is 11.4 Å². The predicted molar refractivity (Wildman–Crippen MR) is 59.9 cm³/mol. The molecule has 1 aromatic rings. The standard InChI is InChI=1S/C10H16N4/c1-7(2)14-10-5-4-8(11)6-9(10)12-13(14)3/h4-7,12H,11H2,1-3H3. The maximum atomic E-state index is 5.72. The number of nitrogens with one attached hydrogen (secondary N) is 1. The Morgan fingerprint density at radius 1 is 1.36 bits per heavy atom. The molecule has 0 amide bonds. The molecule has 3 N–H and O–H groups in total. The number of hydrogen-bond acceptors (Lipinski definition) is 4. The number of hydrogen-bond donors (Lipinski definition) is 2. The first kappa shape index (κ1) is 9.15. The minimum Gasteiger partial charge on any atom is -0.399 e. The lowest BCUT2D eigenvalue weighted by Crippen LogP contribution is -2.42. The van der Waals surface area contributed by atoms with Crippen molar-refractivity contribution in [2.75, 3.05) is 23.2 Å². The van der Waals surface area contributed by atoms with Crippen molar-refractivity contribution in [3.05, 3.63) is 18.2 Å². The summed E-state index contributed by atoms with van der Waals surface area (Å²) in [5, 5.41) is 4.17. The predicted octanol–water partition coefficient (Wildman–Crippen LogP) is 1.67. The molecule has 1 aliphatic heterocycles. The van der Waals surface area contributed by atoms with Crippen LogP contribution in [0.3, 0.4) is 0 Å². The molecule has 1 aromatic carbocycles. The molecule has 2 rings (SSSR count). The van der Waals surface area contributed by atoms with E-state index in [4.69, 9.17) is 5.73 Å². The molecule has 0 atom stereocenters. The zero-order valence-corrected chi connectivity index (χ0v) is 8.78. The Kier molecular flexibility index (Phi) is 2.00. The van der Waals surface area contributed by atoms with E-state index < -0.39 is 0 Å². The first-order chi connectivity index (χ1) is 6.59. The Balaban J connectivity index is 2.42. The number of nitrogens with two attached hydrogens (primary N) is 1. The average molecular weight is 192 g/mol. The van der Waals surface area contributed by atoms with E-state index in [0.29, 0.717) is 6.04 Å². The molecule has 0 saturated heterocycles. The van der Waals surface area contributed by atoms with Gasteiger partial charge >= 0.3 is 0 Å². The van der Waals surface area contributed by atoms with Gasteiger partial charge in [-0.05, 0) is 32.0 Å². The van der Waals surface area contributed by atoms with E-state index in [-0.39, 0.29) is 0 Å². The molecular formula is C10H16N4. The maximum absolute atomic E-state index is 5.72. The Bertz CT molecular complexity index is 348. The van der Waals surface area contributed by atoms with Gasteiger partial charge in [-0.1, -0.05) is 0 Å². The Labute approximate surface area is 84.2 Å². The van der Waals surface area contributed by atoms with Gasteiger partial charge in [0.15, 0.2) is 0 Å². The highest BCUT2D eigenvalue weighted by Gasteiger charge is 2.25. The van der Waals surface area contributed by atoms with Gasteiger partial charge in [0.1, 0.15) is 0 Å². The average Bonchev–Trinajstić information content (AvgIpc) is 2.39. The number of hydrazine groups is 2. The summed E-state index contributed by atoms with van der Waals surface area (Å²) in [7, 11) is 2.00. The van der Waals surface area contributed by atoms with Crippen LogP contribution in [0.15, 0.2) is 18.2 Å². The monoisotopic (exact) mass is 192 g/mol. The molecule has 1 heterocycles. The molecule has 4 heteroatoms. The van der Waals surface area contributed by atoms with Crippen molar-refractivity contribution in [3.63, 3.8) is 0 Å². The van der Waals surface area contributed by atoms with Crippen LogP contribution in [0.4, 0.5) is 17.1 Å². The molecule has 0 aliphatic carbocycles. The summed E-state index contributed by atoms with van der Waals surface area (Å²) in [6.45, 7) is 4.31. The summed E-state index contributed by atoms with van der Waals surface area (Å²) >= 11 is 0. The molecule has 4 nitrogen and oxygen atoms in total. The van der Waals surface area contributed by atoms with E-state index >= 15 is 0 Å². The molecule has 1 aliphatic rings. The van der Waals surface area contributed by atoms with E-state index in [2.05, 4.69) is 24.3 Å². The zero-order valence-electron chi connectivity index (χ0n) is 8.78. The number of rotatable bonds is 1. The summed E-state index contributed by atoms with van der Waals surface area (Å²) in [6, 6.07) is 6.35. The normalized spacial score (nSPS) is 15.9. The second-order valence-electron chi connectivity index (χ2n) is 3.85. The number of anilines is 3. The van der Waals surface area contributed by atoms with Crippen LogP contribution in [-0.2, 0) is 0 Å². The van der Waals surface area contributed by atoms with E-state index in [1.165, 1.54) is 5.69 Å². The lowest BCUT2D eigenvalue weighted by molar-refractivity contribution is 0.355. The number of benzene rings is 1. The molecule has 0 bridgehead atoms. The van der Waals surface area contributed by atoms with Crippen molar-refractivity contribution in [1.82, 2.24) is 5.12 Å². The van der Waals surface area contributed by atoms with E-state index in [1.807, 2.05) is 30.4 Å². The lowest BCUT2D eigenvalue weighted by atomic mass is 10.2. The van der Waals surface area contributed by atoms with Gasteiger partial charge in [-0.2, -0.15) is 0 Å². The fourth-order valence-electron chi connectivity index (χ4n) is 1.86.